The van der Waals surface area contributed by atoms with Crippen LogP contribution in [-0.2, 0) is 19.0 Å². The Kier molecular flexibility index (Phi) is 9.52. The molecule has 1 amide bonds. The molecule has 8 rings (SSSR count). The van der Waals surface area contributed by atoms with Gasteiger partial charge < -0.3 is 36.2 Å². The first-order chi connectivity index (χ1) is 20.3. The Hall–Kier alpha value is -2.69. The molecule has 0 aromatic rings. The maximum atomic E-state index is 12.1. The van der Waals surface area contributed by atoms with Crippen LogP contribution in [0.1, 0.15) is 97.8 Å². The molecule has 8 aliphatic rings. The van der Waals surface area contributed by atoms with Crippen molar-refractivity contribution in [1.29, 1.82) is 0 Å². The van der Waals surface area contributed by atoms with E-state index in [1.54, 1.807) is 26.6 Å². The van der Waals surface area contributed by atoms with Gasteiger partial charge in [0, 0.05) is 5.41 Å². The fraction of sp³-hybridized carbons (Fsp3) is 0.839. The fourth-order valence-electron chi connectivity index (χ4n) is 10.5. The zero-order valence-corrected chi connectivity index (χ0v) is 25.9. The maximum absolute atomic E-state index is 12.1. The van der Waals surface area contributed by atoms with Gasteiger partial charge in [-0.15, -0.1) is 0 Å². The van der Waals surface area contributed by atoms with E-state index in [2.05, 4.69) is 5.32 Å². The van der Waals surface area contributed by atoms with Gasteiger partial charge >= 0.3 is 46.9 Å². The van der Waals surface area contributed by atoms with Gasteiger partial charge in [0.25, 0.3) is 0 Å². The van der Waals surface area contributed by atoms with Gasteiger partial charge in [-0.1, -0.05) is 0 Å². The van der Waals surface area contributed by atoms with E-state index < -0.39 is 52.3 Å². The van der Waals surface area contributed by atoms with Crippen molar-refractivity contribution in [3.63, 3.8) is 0 Å². The SMILES string of the molecule is CC(C)(C)OC(=O)N[C@H](C(=O)O)C12CC3CC(CC(O)(C3)C1)C2.N[C@H](C(=O)O)C12CC3CC(CC(O)(C3)C1)C2.O=BC#CO. The van der Waals surface area contributed by atoms with E-state index in [1.165, 1.54) is 6.11 Å². The Bertz CT molecular complexity index is 1180. The first-order valence-corrected chi connectivity index (χ1v) is 15.6. The van der Waals surface area contributed by atoms with Crippen molar-refractivity contribution in [2.75, 3.05) is 0 Å². The van der Waals surface area contributed by atoms with E-state index >= 15 is 0 Å². The van der Waals surface area contributed by atoms with Crippen LogP contribution in [0, 0.1) is 46.4 Å². The van der Waals surface area contributed by atoms with Crippen molar-refractivity contribution in [2.45, 2.75) is 127 Å². The summed E-state index contributed by atoms with van der Waals surface area (Å²) in [6.07, 6.45) is 10.6. The molecule has 0 spiro atoms. The summed E-state index contributed by atoms with van der Waals surface area (Å²) in [6.45, 7) is 5.24. The summed E-state index contributed by atoms with van der Waals surface area (Å²) in [4.78, 5) is 35.1. The second-order valence-corrected chi connectivity index (χ2v) is 15.7. The van der Waals surface area contributed by atoms with Crippen molar-refractivity contribution in [3.8, 4) is 11.9 Å². The van der Waals surface area contributed by atoms with E-state index in [9.17, 15) is 29.7 Å². The number of carbonyl (C=O) groups excluding carboxylic acids is 1. The van der Waals surface area contributed by atoms with Crippen LogP contribution >= 0.6 is 0 Å². The molecule has 13 heteroatoms. The van der Waals surface area contributed by atoms with E-state index in [4.69, 9.17) is 25.4 Å². The first-order valence-electron chi connectivity index (χ1n) is 15.6. The molecule has 12 nitrogen and oxygen atoms in total. The summed E-state index contributed by atoms with van der Waals surface area (Å²) >= 11 is 0. The van der Waals surface area contributed by atoms with Gasteiger partial charge in [0.2, 0.25) is 0 Å². The standard InChI is InChI=1S/C17H27NO5.C12H19NO3.C2HBO2/c1-15(2,3)23-14(21)18-12(13(19)20)16-5-10-4-11(6-16)8-17(22,7-10)9-16;13-9(10(14)15)11-2-7-1-8(3-11)5-12(16,4-7)6-11;4-2-1-3-5/h10-12,22H,4-9H2,1-3H3,(H,18,21)(H,19,20);7-9,16H,1-6,13H2,(H,14,15);4H/t10?,11?,12-,16?,17?;7?,8?,9-,11?,12?;/m11./s1. The zero-order chi connectivity index (χ0) is 32.7. The molecule has 6 atom stereocenters. The van der Waals surface area contributed by atoms with Gasteiger partial charge in [0.1, 0.15) is 17.7 Å². The number of aliphatic hydroxyl groups is 3. The summed E-state index contributed by atoms with van der Waals surface area (Å²) in [6, 6.07) is -1.81. The van der Waals surface area contributed by atoms with Crippen molar-refractivity contribution in [1.82, 2.24) is 5.32 Å². The van der Waals surface area contributed by atoms with E-state index in [-0.39, 0.29) is 5.41 Å². The molecule has 44 heavy (non-hydrogen) atoms. The van der Waals surface area contributed by atoms with Crippen molar-refractivity contribution >= 4 is 25.2 Å². The third-order valence-corrected chi connectivity index (χ3v) is 10.7. The zero-order valence-electron chi connectivity index (χ0n) is 25.9. The van der Waals surface area contributed by atoms with Crippen LogP contribution in [-0.4, -0.2) is 79.6 Å². The molecule has 8 N–H and O–H groups in total. The Balaban J connectivity index is 0.000000182. The first kappa shape index (κ1) is 34.2. The molecule has 0 aliphatic heterocycles. The summed E-state index contributed by atoms with van der Waals surface area (Å²) in [5.41, 5.74) is 2.94. The van der Waals surface area contributed by atoms with Gasteiger partial charge in [0.15, 0.2) is 0 Å². The summed E-state index contributed by atoms with van der Waals surface area (Å²) in [5.74, 6) is 1.51. The average Bonchev–Trinajstić information content (AvgIpc) is 2.84. The van der Waals surface area contributed by atoms with Crippen molar-refractivity contribution in [3.05, 3.63) is 0 Å². The van der Waals surface area contributed by atoms with Crippen LogP contribution in [0.25, 0.3) is 0 Å². The van der Waals surface area contributed by atoms with Gasteiger partial charge in [-0.2, -0.15) is 0 Å². The quantitative estimate of drug-likeness (QED) is 0.175. The van der Waals surface area contributed by atoms with Gasteiger partial charge in [-0.25, -0.2) is 9.59 Å². The van der Waals surface area contributed by atoms with Gasteiger partial charge in [0.05, 0.1) is 11.2 Å². The van der Waals surface area contributed by atoms with Gasteiger partial charge in [-0.05, 0) is 127 Å². The van der Waals surface area contributed by atoms with Crippen LogP contribution in [0.3, 0.4) is 0 Å². The van der Waals surface area contributed by atoms with Crippen LogP contribution in [0.4, 0.5) is 4.79 Å². The van der Waals surface area contributed by atoms with Crippen LogP contribution < -0.4 is 11.1 Å². The summed E-state index contributed by atoms with van der Waals surface area (Å²) < 4.78 is 14.3. The number of aliphatic hydroxyl groups excluding tert-OH is 1. The number of alkyl carbamates (subject to hydrolysis) is 1. The minimum atomic E-state index is -1.04. The third kappa shape index (κ3) is 7.40. The number of hydrogen-bond donors (Lipinski definition) is 7. The van der Waals surface area contributed by atoms with Crippen molar-refractivity contribution < 1.29 is 49.4 Å². The number of carboxylic acids is 2. The number of rotatable bonds is 5. The molecule has 8 bridgehead atoms. The predicted molar refractivity (Wildman–Crippen MR) is 157 cm³/mol. The van der Waals surface area contributed by atoms with Crippen LogP contribution in [0.15, 0.2) is 0 Å². The number of ether oxygens (including phenoxy) is 1. The summed E-state index contributed by atoms with van der Waals surface area (Å²) in [7, 11) is 0.319. The molecule has 4 unspecified atom stereocenters. The Morgan fingerprint density at radius 3 is 1.59 bits per heavy atom. The molecule has 0 aromatic heterocycles. The van der Waals surface area contributed by atoms with Gasteiger partial charge in [-0.3, -0.25) is 4.79 Å². The molecule has 0 aromatic carbocycles. The molecule has 0 heterocycles. The summed E-state index contributed by atoms with van der Waals surface area (Å²) in [5, 5.41) is 50.1. The average molecular weight is 619 g/mol. The molecule has 8 saturated carbocycles. The fourth-order valence-corrected chi connectivity index (χ4v) is 10.5. The Morgan fingerprint density at radius 1 is 0.841 bits per heavy atom. The van der Waals surface area contributed by atoms with Crippen LogP contribution in [0.5, 0.6) is 0 Å². The van der Waals surface area contributed by atoms with Crippen LogP contribution in [0.2, 0.25) is 0 Å². The molecule has 244 valence electrons. The Labute approximate surface area is 258 Å². The molecule has 8 aliphatic carbocycles. The number of hydrogen-bond acceptors (Lipinski definition) is 9. The van der Waals surface area contributed by atoms with E-state index in [0.29, 0.717) is 43.7 Å². The number of nitrogens with one attached hydrogen (secondary N) is 1. The molecule has 8 fully saturated rings. The van der Waals surface area contributed by atoms with Crippen molar-refractivity contribution in [2.24, 2.45) is 40.2 Å². The number of aliphatic carboxylic acids is 2. The third-order valence-electron chi connectivity index (χ3n) is 10.7. The molecule has 0 saturated heterocycles. The van der Waals surface area contributed by atoms with E-state index in [1.807, 2.05) is 0 Å². The normalized spacial score (nSPS) is 40.0. The Morgan fingerprint density at radius 2 is 1.27 bits per heavy atom. The molecule has 0 radical (unpaired) electrons. The topological polar surface area (TPSA) is 217 Å². The number of amides is 1. The predicted octanol–water partition coefficient (Wildman–Crippen LogP) is 2.35. The number of nitrogens with two attached hydrogens (primary N) is 1. The second kappa shape index (κ2) is 12.3. The monoisotopic (exact) mass is 618 g/mol. The van der Waals surface area contributed by atoms with E-state index in [0.717, 1.165) is 64.2 Å². The number of carboxylic acid groups (broad SMARTS) is 2. The molecular formula is C31H47BN2O10. The molecular weight excluding hydrogens is 571 g/mol. The second-order valence-electron chi connectivity index (χ2n) is 15.7. The minimum absolute atomic E-state index is 0.319. The number of carbonyl (C=O) groups is 3.